The first-order valence-corrected chi connectivity index (χ1v) is 5.42. The standard InChI is InChI=1S/C13H9FN2S/c1-8-6-11(12(7-15)13(17)16-8)9-2-4-10(14)5-3-9/h2-6H,1H3,(H,16,17). The van der Waals surface area contributed by atoms with E-state index in [1.807, 2.05) is 13.0 Å². The van der Waals surface area contributed by atoms with Crippen LogP contribution in [0.25, 0.3) is 11.1 Å². The third-order valence-electron chi connectivity index (χ3n) is 2.43. The summed E-state index contributed by atoms with van der Waals surface area (Å²) in [6.07, 6.45) is 0. The number of halogens is 1. The summed E-state index contributed by atoms with van der Waals surface area (Å²) in [5.74, 6) is -0.301. The van der Waals surface area contributed by atoms with Crippen LogP contribution in [0.15, 0.2) is 30.3 Å². The molecule has 0 aliphatic heterocycles. The highest BCUT2D eigenvalue weighted by atomic mass is 32.1. The average molecular weight is 244 g/mol. The highest BCUT2D eigenvalue weighted by molar-refractivity contribution is 7.71. The Morgan fingerprint density at radius 2 is 1.94 bits per heavy atom. The number of hydrogen-bond donors (Lipinski definition) is 1. The van der Waals surface area contributed by atoms with Gasteiger partial charge in [0.25, 0.3) is 0 Å². The molecule has 2 nitrogen and oxygen atoms in total. The van der Waals surface area contributed by atoms with Crippen LogP contribution in [0.2, 0.25) is 0 Å². The molecule has 1 aromatic carbocycles. The van der Waals surface area contributed by atoms with Gasteiger partial charge in [0.15, 0.2) is 0 Å². The van der Waals surface area contributed by atoms with E-state index in [-0.39, 0.29) is 5.82 Å². The van der Waals surface area contributed by atoms with Crippen LogP contribution in [0, 0.1) is 28.7 Å². The molecule has 0 unspecified atom stereocenters. The third kappa shape index (κ3) is 2.24. The van der Waals surface area contributed by atoms with Crippen LogP contribution in [0.3, 0.4) is 0 Å². The molecule has 84 valence electrons. The minimum Gasteiger partial charge on any atom is -0.349 e. The van der Waals surface area contributed by atoms with Gasteiger partial charge in [-0.3, -0.25) is 0 Å². The van der Waals surface area contributed by atoms with Crippen LogP contribution in [0.1, 0.15) is 11.3 Å². The number of aromatic nitrogens is 1. The molecule has 1 N–H and O–H groups in total. The number of hydrogen-bond acceptors (Lipinski definition) is 2. The van der Waals surface area contributed by atoms with Crippen LogP contribution in [0.5, 0.6) is 0 Å². The number of aromatic amines is 1. The van der Waals surface area contributed by atoms with Crippen LogP contribution in [-0.2, 0) is 0 Å². The highest BCUT2D eigenvalue weighted by Crippen LogP contribution is 2.24. The summed E-state index contributed by atoms with van der Waals surface area (Å²) in [6.45, 7) is 1.87. The zero-order valence-electron chi connectivity index (χ0n) is 9.12. The van der Waals surface area contributed by atoms with E-state index in [4.69, 9.17) is 17.5 Å². The molecular weight excluding hydrogens is 235 g/mol. The topological polar surface area (TPSA) is 39.6 Å². The first kappa shape index (κ1) is 11.5. The Hall–Kier alpha value is -1.99. The number of rotatable bonds is 1. The summed E-state index contributed by atoms with van der Waals surface area (Å²) in [4.78, 5) is 2.93. The van der Waals surface area contributed by atoms with Crippen LogP contribution in [0.4, 0.5) is 4.39 Å². The lowest BCUT2D eigenvalue weighted by Gasteiger charge is -2.06. The van der Waals surface area contributed by atoms with Crippen molar-refractivity contribution in [2.24, 2.45) is 0 Å². The minimum absolute atomic E-state index is 0.301. The van der Waals surface area contributed by atoms with Crippen molar-refractivity contribution in [3.63, 3.8) is 0 Å². The lowest BCUT2D eigenvalue weighted by Crippen LogP contribution is -1.92. The molecule has 1 heterocycles. The van der Waals surface area contributed by atoms with Crippen molar-refractivity contribution in [1.29, 1.82) is 5.26 Å². The second kappa shape index (κ2) is 4.48. The Kier molecular flexibility index (Phi) is 3.03. The van der Waals surface area contributed by atoms with Crippen molar-refractivity contribution < 1.29 is 4.39 Å². The molecular formula is C13H9FN2S. The number of nitriles is 1. The maximum atomic E-state index is 12.9. The second-order valence-corrected chi connectivity index (χ2v) is 4.10. The number of benzene rings is 1. The number of nitrogens with one attached hydrogen (secondary N) is 1. The van der Waals surface area contributed by atoms with Gasteiger partial charge < -0.3 is 4.98 Å². The zero-order valence-corrected chi connectivity index (χ0v) is 9.94. The molecule has 2 aromatic rings. The Labute approximate surface area is 103 Å². The van der Waals surface area contributed by atoms with E-state index in [0.717, 1.165) is 16.8 Å². The molecule has 0 aliphatic carbocycles. The molecule has 17 heavy (non-hydrogen) atoms. The lowest BCUT2D eigenvalue weighted by atomic mass is 10.0. The van der Waals surface area contributed by atoms with Gasteiger partial charge in [0.1, 0.15) is 16.5 Å². The van der Waals surface area contributed by atoms with E-state index in [2.05, 4.69) is 11.1 Å². The SMILES string of the molecule is Cc1cc(-c2ccc(F)cc2)c(C#N)c(=S)[nH]1. The molecule has 1 aromatic heterocycles. The van der Waals surface area contributed by atoms with Gasteiger partial charge >= 0.3 is 0 Å². The summed E-state index contributed by atoms with van der Waals surface area (Å²) in [5.41, 5.74) is 2.80. The number of nitrogens with zero attached hydrogens (tertiary/aromatic N) is 1. The molecule has 0 spiro atoms. The number of pyridine rings is 1. The monoisotopic (exact) mass is 244 g/mol. The molecule has 0 amide bonds. The molecule has 0 saturated carbocycles. The van der Waals surface area contributed by atoms with E-state index >= 15 is 0 Å². The van der Waals surface area contributed by atoms with E-state index in [9.17, 15) is 4.39 Å². The normalized spacial score (nSPS) is 9.94. The average Bonchev–Trinajstić information content (AvgIpc) is 2.29. The number of H-pyrrole nitrogens is 1. The van der Waals surface area contributed by atoms with Gasteiger partial charge in [0.05, 0.1) is 5.56 Å². The van der Waals surface area contributed by atoms with Gasteiger partial charge in [-0.25, -0.2) is 4.39 Å². The number of aryl methyl sites for hydroxylation is 1. The van der Waals surface area contributed by atoms with E-state index in [0.29, 0.717) is 10.2 Å². The van der Waals surface area contributed by atoms with Crippen LogP contribution in [-0.4, -0.2) is 4.98 Å². The third-order valence-corrected chi connectivity index (χ3v) is 2.74. The first-order chi connectivity index (χ1) is 8.11. The Morgan fingerprint density at radius 1 is 1.29 bits per heavy atom. The van der Waals surface area contributed by atoms with Crippen molar-refractivity contribution in [2.45, 2.75) is 6.92 Å². The van der Waals surface area contributed by atoms with Crippen molar-refractivity contribution in [1.82, 2.24) is 4.98 Å². The molecule has 0 atom stereocenters. The maximum absolute atomic E-state index is 12.9. The Morgan fingerprint density at radius 3 is 2.53 bits per heavy atom. The summed E-state index contributed by atoms with van der Waals surface area (Å²) < 4.78 is 13.3. The quantitative estimate of drug-likeness (QED) is 0.776. The van der Waals surface area contributed by atoms with Crippen LogP contribution >= 0.6 is 12.2 Å². The summed E-state index contributed by atoms with van der Waals surface area (Å²) in [6, 6.07) is 9.92. The lowest BCUT2D eigenvalue weighted by molar-refractivity contribution is 0.628. The van der Waals surface area contributed by atoms with E-state index < -0.39 is 0 Å². The molecule has 4 heteroatoms. The second-order valence-electron chi connectivity index (χ2n) is 3.69. The van der Waals surface area contributed by atoms with Crippen molar-refractivity contribution in [3.05, 3.63) is 52.0 Å². The van der Waals surface area contributed by atoms with Gasteiger partial charge in [-0.15, -0.1) is 0 Å². The smallest absolute Gasteiger partial charge is 0.123 e. The van der Waals surface area contributed by atoms with E-state index in [1.165, 1.54) is 12.1 Å². The predicted octanol–water partition coefficient (Wildman–Crippen LogP) is 3.73. The van der Waals surface area contributed by atoms with Gasteiger partial charge in [0, 0.05) is 11.3 Å². The maximum Gasteiger partial charge on any atom is 0.123 e. The van der Waals surface area contributed by atoms with Crippen LogP contribution < -0.4 is 0 Å². The first-order valence-electron chi connectivity index (χ1n) is 5.02. The molecule has 0 bridgehead atoms. The van der Waals surface area contributed by atoms with Crippen molar-refractivity contribution >= 4 is 12.2 Å². The van der Waals surface area contributed by atoms with E-state index in [1.54, 1.807) is 12.1 Å². The Bertz CT molecular complexity index is 651. The fraction of sp³-hybridized carbons (Fsp3) is 0.0769. The molecule has 0 fully saturated rings. The summed E-state index contributed by atoms with van der Waals surface area (Å²) in [7, 11) is 0. The molecule has 2 rings (SSSR count). The predicted molar refractivity (Wildman–Crippen MR) is 66.5 cm³/mol. The molecule has 0 aliphatic rings. The minimum atomic E-state index is -0.301. The molecule has 0 saturated heterocycles. The Balaban J connectivity index is 2.71. The van der Waals surface area contributed by atoms with Crippen molar-refractivity contribution in [3.8, 4) is 17.2 Å². The molecule has 0 radical (unpaired) electrons. The summed E-state index contributed by atoms with van der Waals surface area (Å²) >= 11 is 5.10. The van der Waals surface area contributed by atoms with Gasteiger partial charge in [-0.05, 0) is 30.7 Å². The van der Waals surface area contributed by atoms with Gasteiger partial charge in [0.2, 0.25) is 0 Å². The summed E-state index contributed by atoms with van der Waals surface area (Å²) in [5, 5.41) is 9.10. The van der Waals surface area contributed by atoms with Gasteiger partial charge in [-0.2, -0.15) is 5.26 Å². The largest absolute Gasteiger partial charge is 0.349 e. The highest BCUT2D eigenvalue weighted by Gasteiger charge is 2.07. The van der Waals surface area contributed by atoms with Crippen molar-refractivity contribution in [2.75, 3.05) is 0 Å². The fourth-order valence-electron chi connectivity index (χ4n) is 1.66. The fourth-order valence-corrected chi connectivity index (χ4v) is 1.97. The van der Waals surface area contributed by atoms with Gasteiger partial charge in [-0.1, -0.05) is 24.4 Å². The zero-order chi connectivity index (χ0) is 12.4.